The normalized spacial score (nSPS) is 16.6. The molecule has 0 aliphatic heterocycles. The zero-order valence-electron chi connectivity index (χ0n) is 25.5. The zero-order valence-corrected chi connectivity index (χ0v) is 27.1. The number of carbonyl (C=O) groups excluding carboxylic acids is 2. The predicted molar refractivity (Wildman–Crippen MR) is 165 cm³/mol. The third-order valence-electron chi connectivity index (χ3n) is 7.99. The molecule has 0 aromatic heterocycles. The molecule has 10 heteroatoms. The van der Waals surface area contributed by atoms with E-state index < -0.39 is 19.5 Å². The van der Waals surface area contributed by atoms with Crippen LogP contribution < -0.4 is 5.32 Å². The smallest absolute Gasteiger partial charge is 0.360 e. The molecule has 2 rings (SSSR count). The van der Waals surface area contributed by atoms with E-state index >= 15 is 0 Å². The molecular formula is C31H52ClN2O6P. The first-order chi connectivity index (χ1) is 19.6. The lowest BCUT2D eigenvalue weighted by atomic mass is 9.76. The average Bonchev–Trinajstić information content (AvgIpc) is 2.95. The van der Waals surface area contributed by atoms with Crippen molar-refractivity contribution in [1.29, 1.82) is 0 Å². The highest BCUT2D eigenvalue weighted by molar-refractivity contribution is 7.54. The molecule has 0 heterocycles. The fraction of sp³-hybridized carbons (Fsp3) is 0.742. The molecule has 1 saturated carbocycles. The lowest BCUT2D eigenvalue weighted by Crippen LogP contribution is -2.45. The second-order valence-electron chi connectivity index (χ2n) is 11.2. The van der Waals surface area contributed by atoms with Crippen molar-refractivity contribution in [2.24, 2.45) is 11.8 Å². The summed E-state index contributed by atoms with van der Waals surface area (Å²) in [6.45, 7) is 6.26. The molecule has 1 aliphatic rings. The Balaban J connectivity index is 2.20. The van der Waals surface area contributed by atoms with Crippen molar-refractivity contribution in [3.8, 4) is 0 Å². The first-order valence-electron chi connectivity index (χ1n) is 15.5. The molecule has 234 valence electrons. The number of aliphatic hydroxyl groups is 1. The van der Waals surface area contributed by atoms with Gasteiger partial charge >= 0.3 is 7.60 Å². The zero-order chi connectivity index (χ0) is 30.3. The van der Waals surface area contributed by atoms with E-state index in [1.54, 1.807) is 25.8 Å². The summed E-state index contributed by atoms with van der Waals surface area (Å²) < 4.78 is 24.3. The van der Waals surface area contributed by atoms with E-state index in [-0.39, 0.29) is 50.2 Å². The number of amides is 2. The van der Waals surface area contributed by atoms with Crippen LogP contribution in [0.5, 0.6) is 0 Å². The summed E-state index contributed by atoms with van der Waals surface area (Å²) in [5.41, 5.74) is 1.09. The summed E-state index contributed by atoms with van der Waals surface area (Å²) in [4.78, 5) is 28.1. The van der Waals surface area contributed by atoms with E-state index in [1.165, 1.54) is 6.42 Å². The first-order valence-corrected chi connectivity index (χ1v) is 17.5. The van der Waals surface area contributed by atoms with E-state index in [4.69, 9.17) is 20.6 Å². The minimum Gasteiger partial charge on any atom is -0.379 e. The van der Waals surface area contributed by atoms with Gasteiger partial charge in [-0.1, -0.05) is 75.6 Å². The quantitative estimate of drug-likeness (QED) is 0.129. The number of benzene rings is 1. The van der Waals surface area contributed by atoms with Gasteiger partial charge < -0.3 is 24.4 Å². The third kappa shape index (κ3) is 12.4. The molecule has 1 fully saturated rings. The molecule has 2 amide bonds. The number of carbonyl (C=O) groups is 2. The Labute approximate surface area is 252 Å². The van der Waals surface area contributed by atoms with Crippen LogP contribution in [0.1, 0.15) is 97.0 Å². The Morgan fingerprint density at radius 2 is 1.80 bits per heavy atom. The standard InChI is InChI=1S/C31H52ClN2O6P/c1-5-8-12-20-34(4)30(36)19-18-28(31(37)41(38,39-6-2)40-7-3)33-29(35)23-26(25-15-10-9-11-16-25)21-24-14-13-17-27(32)22-24/h13-14,17,22,25-26,28,31,37H,5-12,15-16,18-21,23H2,1-4H3,(H,33,35)/t26?,28-,31?/m0/s1. The van der Waals surface area contributed by atoms with Gasteiger partial charge in [0.1, 0.15) is 0 Å². The van der Waals surface area contributed by atoms with E-state index in [2.05, 4.69) is 12.2 Å². The molecule has 1 aromatic carbocycles. The van der Waals surface area contributed by atoms with Crippen LogP contribution in [0.15, 0.2) is 24.3 Å². The van der Waals surface area contributed by atoms with Crippen molar-refractivity contribution >= 4 is 31.0 Å². The summed E-state index contributed by atoms with van der Waals surface area (Å²) in [6.07, 6.45) is 9.89. The minimum atomic E-state index is -3.95. The highest BCUT2D eigenvalue weighted by Crippen LogP contribution is 2.53. The van der Waals surface area contributed by atoms with E-state index in [0.717, 1.165) is 56.9 Å². The van der Waals surface area contributed by atoms with Crippen molar-refractivity contribution in [3.63, 3.8) is 0 Å². The number of halogens is 1. The SMILES string of the molecule is CCCCCN(C)C(=O)CC[C@H](NC(=O)CC(Cc1cccc(Cl)c1)C1CCCCC1)C(O)P(=O)(OCC)OCC. The van der Waals surface area contributed by atoms with Gasteiger partial charge in [0.25, 0.3) is 0 Å². The molecule has 0 spiro atoms. The second-order valence-corrected chi connectivity index (χ2v) is 13.8. The van der Waals surface area contributed by atoms with Crippen molar-refractivity contribution in [2.75, 3.05) is 26.8 Å². The number of hydrogen-bond acceptors (Lipinski definition) is 6. The van der Waals surface area contributed by atoms with Crippen LogP contribution in [0, 0.1) is 11.8 Å². The molecule has 3 atom stereocenters. The maximum atomic E-state index is 13.5. The summed E-state index contributed by atoms with van der Waals surface area (Å²) in [5.74, 6) is -1.41. The van der Waals surface area contributed by atoms with Gasteiger partial charge in [-0.2, -0.15) is 0 Å². The van der Waals surface area contributed by atoms with E-state index in [1.807, 2.05) is 24.3 Å². The second kappa shape index (κ2) is 19.0. The third-order valence-corrected chi connectivity index (χ3v) is 10.5. The van der Waals surface area contributed by atoms with Crippen LogP contribution in [-0.2, 0) is 29.6 Å². The van der Waals surface area contributed by atoms with Gasteiger partial charge in [0.05, 0.1) is 19.3 Å². The average molecular weight is 615 g/mol. The Hall–Kier alpha value is -1.44. The van der Waals surface area contributed by atoms with Gasteiger partial charge in [-0.25, -0.2) is 0 Å². The molecule has 8 nitrogen and oxygen atoms in total. The van der Waals surface area contributed by atoms with Gasteiger partial charge in [0, 0.05) is 31.5 Å². The maximum absolute atomic E-state index is 13.5. The topological polar surface area (TPSA) is 105 Å². The largest absolute Gasteiger partial charge is 0.379 e. The summed E-state index contributed by atoms with van der Waals surface area (Å²) in [6, 6.07) is 6.80. The van der Waals surface area contributed by atoms with Gasteiger partial charge in [-0.3, -0.25) is 14.2 Å². The van der Waals surface area contributed by atoms with Crippen LogP contribution in [0.25, 0.3) is 0 Å². The van der Waals surface area contributed by atoms with Gasteiger partial charge in [-0.15, -0.1) is 0 Å². The molecule has 0 bridgehead atoms. The highest BCUT2D eigenvalue weighted by atomic mass is 35.5. The predicted octanol–water partition coefficient (Wildman–Crippen LogP) is 6.97. The number of aliphatic hydroxyl groups excluding tert-OH is 1. The van der Waals surface area contributed by atoms with Gasteiger partial charge in [0.15, 0.2) is 5.85 Å². The molecule has 2 unspecified atom stereocenters. The van der Waals surface area contributed by atoms with Gasteiger partial charge in [0.2, 0.25) is 11.8 Å². The first kappa shape index (κ1) is 35.8. The summed E-state index contributed by atoms with van der Waals surface area (Å²) >= 11 is 6.25. The van der Waals surface area contributed by atoms with Crippen LogP contribution >= 0.6 is 19.2 Å². The van der Waals surface area contributed by atoms with Crippen molar-refractivity contribution < 1.29 is 28.3 Å². The fourth-order valence-electron chi connectivity index (χ4n) is 5.74. The molecule has 0 radical (unpaired) electrons. The van der Waals surface area contributed by atoms with Crippen LogP contribution in [0.3, 0.4) is 0 Å². The monoisotopic (exact) mass is 614 g/mol. The molecule has 41 heavy (non-hydrogen) atoms. The molecule has 2 N–H and O–H groups in total. The number of unbranched alkanes of at least 4 members (excludes halogenated alkanes) is 2. The van der Waals surface area contributed by atoms with E-state index in [9.17, 15) is 19.3 Å². The van der Waals surface area contributed by atoms with E-state index in [0.29, 0.717) is 17.5 Å². The lowest BCUT2D eigenvalue weighted by molar-refractivity contribution is -0.131. The molecule has 1 aliphatic carbocycles. The van der Waals surface area contributed by atoms with Crippen molar-refractivity contribution in [1.82, 2.24) is 10.2 Å². The number of rotatable bonds is 19. The van der Waals surface area contributed by atoms with Crippen molar-refractivity contribution in [3.05, 3.63) is 34.9 Å². The summed E-state index contributed by atoms with van der Waals surface area (Å²) in [7, 11) is -2.19. The minimum absolute atomic E-state index is 0.0808. The number of nitrogens with one attached hydrogen (secondary N) is 1. The Kier molecular flexibility index (Phi) is 16.5. The molecule has 0 saturated heterocycles. The maximum Gasteiger partial charge on any atom is 0.360 e. The Morgan fingerprint density at radius 1 is 1.12 bits per heavy atom. The van der Waals surface area contributed by atoms with Crippen LogP contribution in [0.4, 0.5) is 0 Å². The molecular weight excluding hydrogens is 563 g/mol. The van der Waals surface area contributed by atoms with Crippen LogP contribution in [-0.4, -0.2) is 60.5 Å². The Morgan fingerprint density at radius 3 is 2.41 bits per heavy atom. The lowest BCUT2D eigenvalue weighted by Gasteiger charge is -2.32. The molecule has 1 aromatic rings. The van der Waals surface area contributed by atoms with Gasteiger partial charge in [-0.05, 0) is 62.6 Å². The summed E-state index contributed by atoms with van der Waals surface area (Å²) in [5, 5.41) is 14.9. The Bertz CT molecular complexity index is 964. The van der Waals surface area contributed by atoms with Crippen LogP contribution in [0.2, 0.25) is 5.02 Å². The number of nitrogens with zero attached hydrogens (tertiary/aromatic N) is 1. The fourth-order valence-corrected chi connectivity index (χ4v) is 7.72. The van der Waals surface area contributed by atoms with Crippen molar-refractivity contribution in [2.45, 2.75) is 110 Å². The highest BCUT2D eigenvalue weighted by Gasteiger charge is 2.41. The number of hydrogen-bond donors (Lipinski definition) is 2.